The van der Waals surface area contributed by atoms with Gasteiger partial charge in [0.05, 0.1) is 13.7 Å². The highest BCUT2D eigenvalue weighted by Crippen LogP contribution is 2.39. The molecule has 7 nitrogen and oxygen atoms in total. The maximum absolute atomic E-state index is 13.4. The minimum atomic E-state index is -0.280. The molecule has 0 amide bonds. The third-order valence-corrected chi connectivity index (χ3v) is 5.09. The second-order valence-corrected chi connectivity index (χ2v) is 7.20. The lowest BCUT2D eigenvalue weighted by Crippen LogP contribution is -2.26. The minimum absolute atomic E-state index is 0.168. The quantitative estimate of drug-likeness (QED) is 0.635. The molecule has 2 aromatic carbocycles. The molecule has 0 aliphatic carbocycles. The summed E-state index contributed by atoms with van der Waals surface area (Å²) in [7, 11) is 3.22. The van der Waals surface area contributed by atoms with E-state index in [1.807, 2.05) is 12.1 Å². The van der Waals surface area contributed by atoms with Crippen molar-refractivity contribution >= 4 is 17.6 Å². The molecule has 30 heavy (non-hydrogen) atoms. The maximum Gasteiger partial charge on any atom is 0.322 e. The first-order valence-electron chi connectivity index (χ1n) is 9.76. The summed E-state index contributed by atoms with van der Waals surface area (Å²) in [4.78, 5) is 15.5. The molecule has 3 aromatic rings. The molecule has 2 heterocycles. The monoisotopic (exact) mass is 409 g/mol. The molecule has 0 radical (unpaired) electrons. The van der Waals surface area contributed by atoms with Crippen LogP contribution in [0.2, 0.25) is 0 Å². The average Bonchev–Trinajstić information content (AvgIpc) is 3.09. The summed E-state index contributed by atoms with van der Waals surface area (Å²) >= 11 is 0. The van der Waals surface area contributed by atoms with Crippen molar-refractivity contribution in [2.24, 2.45) is 0 Å². The number of ether oxygens (including phenoxy) is 2. The Kier molecular flexibility index (Phi) is 5.76. The summed E-state index contributed by atoms with van der Waals surface area (Å²) in [5.41, 5.74) is 4.25. The topological polar surface area (TPSA) is 72.4 Å². The molecular weight excluding hydrogens is 385 g/mol. The van der Waals surface area contributed by atoms with E-state index < -0.39 is 0 Å². The van der Waals surface area contributed by atoms with Crippen molar-refractivity contribution < 1.29 is 13.9 Å². The number of aromatic nitrogens is 3. The van der Waals surface area contributed by atoms with Crippen LogP contribution in [0.1, 0.15) is 23.6 Å². The van der Waals surface area contributed by atoms with E-state index in [-0.39, 0.29) is 17.9 Å². The van der Waals surface area contributed by atoms with Crippen molar-refractivity contribution in [2.45, 2.75) is 32.5 Å². The van der Waals surface area contributed by atoms with Gasteiger partial charge in [-0.3, -0.25) is 0 Å². The van der Waals surface area contributed by atoms with Crippen LogP contribution in [0.4, 0.5) is 22.0 Å². The molecule has 1 N–H and O–H groups in total. The second-order valence-electron chi connectivity index (χ2n) is 7.20. The Morgan fingerprint density at radius 3 is 2.73 bits per heavy atom. The number of nitrogens with zero attached hydrogens (tertiary/aromatic N) is 4. The van der Waals surface area contributed by atoms with Gasteiger partial charge in [0.2, 0.25) is 11.9 Å². The van der Waals surface area contributed by atoms with E-state index in [1.165, 1.54) is 24.8 Å². The van der Waals surface area contributed by atoms with E-state index in [0.717, 1.165) is 23.2 Å². The van der Waals surface area contributed by atoms with Gasteiger partial charge in [-0.1, -0.05) is 24.3 Å². The maximum atomic E-state index is 13.4. The lowest BCUT2D eigenvalue weighted by molar-refractivity contribution is 0.184. The number of benzene rings is 2. The Labute approximate surface area is 174 Å². The number of rotatable bonds is 7. The Morgan fingerprint density at radius 1 is 1.13 bits per heavy atom. The first kappa shape index (κ1) is 20.0. The van der Waals surface area contributed by atoms with Crippen molar-refractivity contribution in [2.75, 3.05) is 24.4 Å². The zero-order valence-electron chi connectivity index (χ0n) is 17.2. The van der Waals surface area contributed by atoms with Gasteiger partial charge in [0.15, 0.2) is 0 Å². The van der Waals surface area contributed by atoms with Gasteiger partial charge in [0, 0.05) is 25.4 Å². The number of halogens is 1. The summed E-state index contributed by atoms with van der Waals surface area (Å²) in [6, 6.07) is 12.9. The average molecular weight is 409 g/mol. The van der Waals surface area contributed by atoms with Crippen LogP contribution in [0.5, 0.6) is 6.01 Å². The lowest BCUT2D eigenvalue weighted by atomic mass is 10.0. The smallest absolute Gasteiger partial charge is 0.322 e. The van der Waals surface area contributed by atoms with Gasteiger partial charge in [0.1, 0.15) is 5.82 Å². The SMILES string of the molecule is COCc1cccc2c1CC(C)N2c1nc(NCc2cccc(F)c2)nc(OC)n1. The van der Waals surface area contributed by atoms with Gasteiger partial charge in [0.25, 0.3) is 0 Å². The Hall–Kier alpha value is -3.26. The highest BCUT2D eigenvalue weighted by molar-refractivity contribution is 5.69. The van der Waals surface area contributed by atoms with Gasteiger partial charge < -0.3 is 19.7 Å². The molecule has 0 fully saturated rings. The number of hydrogen-bond donors (Lipinski definition) is 1. The number of fused-ring (bicyclic) bond motifs is 1. The molecule has 0 saturated heterocycles. The summed E-state index contributed by atoms with van der Waals surface area (Å²) in [6.07, 6.45) is 0.870. The number of nitrogens with one attached hydrogen (secondary N) is 1. The fraction of sp³-hybridized carbons (Fsp3) is 0.318. The second kappa shape index (κ2) is 8.62. The van der Waals surface area contributed by atoms with Crippen molar-refractivity contribution in [1.82, 2.24) is 15.0 Å². The van der Waals surface area contributed by atoms with Crippen LogP contribution in [0.15, 0.2) is 42.5 Å². The highest BCUT2D eigenvalue weighted by Gasteiger charge is 2.31. The fourth-order valence-electron chi connectivity index (χ4n) is 3.75. The van der Waals surface area contributed by atoms with E-state index >= 15 is 0 Å². The van der Waals surface area contributed by atoms with Gasteiger partial charge >= 0.3 is 6.01 Å². The van der Waals surface area contributed by atoms with Crippen LogP contribution in [-0.2, 0) is 24.3 Å². The molecule has 1 atom stereocenters. The van der Waals surface area contributed by atoms with Crippen LogP contribution in [0.25, 0.3) is 0 Å². The fourth-order valence-corrected chi connectivity index (χ4v) is 3.75. The molecule has 1 unspecified atom stereocenters. The van der Waals surface area contributed by atoms with Crippen LogP contribution in [-0.4, -0.2) is 35.2 Å². The van der Waals surface area contributed by atoms with Crippen molar-refractivity contribution in [1.29, 1.82) is 0 Å². The predicted molar refractivity (Wildman–Crippen MR) is 113 cm³/mol. The molecule has 1 aliphatic rings. The Bertz CT molecular complexity index is 1050. The van der Waals surface area contributed by atoms with Gasteiger partial charge in [-0.25, -0.2) is 4.39 Å². The number of anilines is 3. The van der Waals surface area contributed by atoms with Crippen molar-refractivity contribution in [3.05, 3.63) is 65.0 Å². The van der Waals surface area contributed by atoms with Crippen LogP contribution < -0.4 is 15.0 Å². The highest BCUT2D eigenvalue weighted by atomic mass is 19.1. The van der Waals surface area contributed by atoms with E-state index in [2.05, 4.69) is 44.2 Å². The van der Waals surface area contributed by atoms with Crippen LogP contribution in [0, 0.1) is 5.82 Å². The molecular formula is C22H24FN5O2. The van der Waals surface area contributed by atoms with E-state index in [1.54, 1.807) is 13.2 Å². The first-order valence-corrected chi connectivity index (χ1v) is 9.76. The molecule has 1 aromatic heterocycles. The molecule has 4 rings (SSSR count). The van der Waals surface area contributed by atoms with Crippen LogP contribution in [0.3, 0.4) is 0 Å². The molecule has 1 aliphatic heterocycles. The molecule has 0 saturated carbocycles. The lowest BCUT2D eigenvalue weighted by Gasteiger charge is -2.23. The summed E-state index contributed by atoms with van der Waals surface area (Å²) < 4.78 is 24.1. The Balaban J connectivity index is 1.65. The predicted octanol–water partition coefficient (Wildman–Crippen LogP) is 3.86. The molecule has 0 bridgehead atoms. The molecule has 156 valence electrons. The number of hydrogen-bond acceptors (Lipinski definition) is 7. The minimum Gasteiger partial charge on any atom is -0.467 e. The van der Waals surface area contributed by atoms with Gasteiger partial charge in [-0.15, -0.1) is 0 Å². The van der Waals surface area contributed by atoms with E-state index in [4.69, 9.17) is 9.47 Å². The zero-order valence-corrected chi connectivity index (χ0v) is 17.2. The summed E-state index contributed by atoms with van der Waals surface area (Å²) in [5.74, 6) is 0.594. The normalized spacial score (nSPS) is 15.2. The summed E-state index contributed by atoms with van der Waals surface area (Å²) in [6.45, 7) is 3.08. The standard InChI is InChI=1S/C22H24FN5O2/c1-14-10-18-16(13-29-2)7-5-9-19(18)28(14)21-25-20(26-22(27-21)30-3)24-12-15-6-4-8-17(23)11-15/h4-9,11,14H,10,12-13H2,1-3H3,(H,24,25,26,27). The van der Waals surface area contributed by atoms with E-state index in [9.17, 15) is 4.39 Å². The number of methoxy groups -OCH3 is 2. The molecule has 8 heteroatoms. The van der Waals surface area contributed by atoms with Crippen molar-refractivity contribution in [3.63, 3.8) is 0 Å². The van der Waals surface area contributed by atoms with Crippen LogP contribution >= 0.6 is 0 Å². The van der Waals surface area contributed by atoms with Gasteiger partial charge in [-0.2, -0.15) is 15.0 Å². The zero-order chi connectivity index (χ0) is 21.1. The van der Waals surface area contributed by atoms with Gasteiger partial charge in [-0.05, 0) is 48.2 Å². The third-order valence-electron chi connectivity index (χ3n) is 5.09. The largest absolute Gasteiger partial charge is 0.467 e. The van der Waals surface area contributed by atoms with Crippen molar-refractivity contribution in [3.8, 4) is 6.01 Å². The Morgan fingerprint density at radius 2 is 1.97 bits per heavy atom. The third kappa shape index (κ3) is 4.04. The first-order chi connectivity index (χ1) is 14.6. The molecule has 0 spiro atoms. The van der Waals surface area contributed by atoms with E-state index in [0.29, 0.717) is 25.0 Å². The summed E-state index contributed by atoms with van der Waals surface area (Å²) in [5, 5.41) is 3.14.